The summed E-state index contributed by atoms with van der Waals surface area (Å²) in [6.07, 6.45) is -0.481. The Morgan fingerprint density at radius 2 is 1.62 bits per heavy atom. The lowest BCUT2D eigenvalue weighted by atomic mass is 10.1. The highest BCUT2D eigenvalue weighted by atomic mass is 32.1. The van der Waals surface area contributed by atoms with Crippen molar-refractivity contribution in [2.45, 2.75) is 26.4 Å². The molecular formula is C28H30N6O4S. The Bertz CT molecular complexity index is 1490. The summed E-state index contributed by atoms with van der Waals surface area (Å²) in [7, 11) is 0. The van der Waals surface area contributed by atoms with Crippen LogP contribution in [-0.4, -0.2) is 41.6 Å². The van der Waals surface area contributed by atoms with Crippen molar-refractivity contribution < 1.29 is 19.1 Å². The standard InChI is InChI=1S/C28H30N6O4S/c1-28(2,3)38-27(37)31-15-14-30-20-11-9-18(10-12-20)24(36)34-25-22(23(29)35)33-26(39-25)32-21-13-8-17-6-4-5-7-19(17)16-21/h4-13,16,30H,14-15H2,1-3H3,(H2,29,35)(H,31,37)(H,32,33)(H,34,36). The molecule has 39 heavy (non-hydrogen) atoms. The normalized spacial score (nSPS) is 11.1. The minimum Gasteiger partial charge on any atom is -0.444 e. The van der Waals surface area contributed by atoms with E-state index in [0.717, 1.165) is 33.5 Å². The van der Waals surface area contributed by atoms with Crippen LogP contribution in [0.3, 0.4) is 0 Å². The van der Waals surface area contributed by atoms with Crippen molar-refractivity contribution in [3.63, 3.8) is 0 Å². The summed E-state index contributed by atoms with van der Waals surface area (Å²) in [5, 5.41) is 14.6. The molecule has 0 saturated carbocycles. The van der Waals surface area contributed by atoms with E-state index >= 15 is 0 Å². The van der Waals surface area contributed by atoms with Gasteiger partial charge in [0.1, 0.15) is 10.6 Å². The summed E-state index contributed by atoms with van der Waals surface area (Å²) in [5.41, 5.74) is 6.90. The number of thiazole rings is 1. The van der Waals surface area contributed by atoms with Gasteiger partial charge in [0.15, 0.2) is 10.8 Å². The Morgan fingerprint density at radius 3 is 2.31 bits per heavy atom. The molecule has 202 valence electrons. The molecule has 1 heterocycles. The van der Waals surface area contributed by atoms with E-state index < -0.39 is 23.5 Å². The van der Waals surface area contributed by atoms with E-state index in [0.29, 0.717) is 23.8 Å². The molecule has 1 aromatic heterocycles. The second kappa shape index (κ2) is 11.8. The number of hydrogen-bond acceptors (Lipinski definition) is 8. The zero-order valence-electron chi connectivity index (χ0n) is 21.8. The summed E-state index contributed by atoms with van der Waals surface area (Å²) in [5.74, 6) is -1.15. The lowest BCUT2D eigenvalue weighted by molar-refractivity contribution is 0.0529. The van der Waals surface area contributed by atoms with Crippen LogP contribution in [0.5, 0.6) is 0 Å². The predicted molar refractivity (Wildman–Crippen MR) is 155 cm³/mol. The van der Waals surface area contributed by atoms with Crippen LogP contribution in [0.15, 0.2) is 66.7 Å². The molecule has 4 rings (SSSR count). The van der Waals surface area contributed by atoms with Crippen molar-refractivity contribution in [2.75, 3.05) is 29.0 Å². The van der Waals surface area contributed by atoms with Gasteiger partial charge in [-0.05, 0) is 67.9 Å². The van der Waals surface area contributed by atoms with Gasteiger partial charge in [0.2, 0.25) is 0 Å². The molecule has 0 aliphatic heterocycles. The van der Waals surface area contributed by atoms with Crippen LogP contribution < -0.4 is 27.0 Å². The molecule has 3 aromatic carbocycles. The SMILES string of the molecule is CC(C)(C)OC(=O)NCCNc1ccc(C(=O)Nc2sc(Nc3ccc4ccccc4c3)nc2C(N)=O)cc1. The number of nitrogens with zero attached hydrogens (tertiary/aromatic N) is 1. The molecule has 0 radical (unpaired) electrons. The fraction of sp³-hybridized carbons (Fsp3) is 0.214. The van der Waals surface area contributed by atoms with Gasteiger partial charge in [-0.25, -0.2) is 9.78 Å². The first kappa shape index (κ1) is 27.4. The van der Waals surface area contributed by atoms with Crippen LogP contribution in [0, 0.1) is 0 Å². The summed E-state index contributed by atoms with van der Waals surface area (Å²) < 4.78 is 5.19. The Labute approximate surface area is 230 Å². The van der Waals surface area contributed by atoms with Crippen molar-refractivity contribution in [1.82, 2.24) is 10.3 Å². The fourth-order valence-corrected chi connectivity index (χ4v) is 4.50. The Morgan fingerprint density at radius 1 is 0.923 bits per heavy atom. The maximum absolute atomic E-state index is 12.9. The number of nitrogens with two attached hydrogens (primary N) is 1. The number of amides is 3. The number of carbonyl (C=O) groups excluding carboxylic acids is 3. The van der Waals surface area contributed by atoms with Crippen LogP contribution >= 0.6 is 11.3 Å². The fourth-order valence-electron chi connectivity index (χ4n) is 3.62. The van der Waals surface area contributed by atoms with Gasteiger partial charge in [-0.2, -0.15) is 0 Å². The van der Waals surface area contributed by atoms with Gasteiger partial charge in [0.25, 0.3) is 11.8 Å². The van der Waals surface area contributed by atoms with E-state index in [4.69, 9.17) is 10.5 Å². The first-order chi connectivity index (χ1) is 18.6. The van der Waals surface area contributed by atoms with Gasteiger partial charge in [0, 0.05) is 30.0 Å². The maximum atomic E-state index is 12.9. The van der Waals surface area contributed by atoms with Gasteiger partial charge >= 0.3 is 6.09 Å². The average molecular weight is 547 g/mol. The zero-order valence-corrected chi connectivity index (χ0v) is 22.6. The number of carbonyl (C=O) groups is 3. The average Bonchev–Trinajstić information content (AvgIpc) is 3.28. The molecule has 0 bridgehead atoms. The summed E-state index contributed by atoms with van der Waals surface area (Å²) in [4.78, 5) is 40.9. The van der Waals surface area contributed by atoms with E-state index in [1.807, 2.05) is 42.5 Å². The van der Waals surface area contributed by atoms with Crippen LogP contribution in [0.4, 0.5) is 26.3 Å². The van der Waals surface area contributed by atoms with E-state index in [-0.39, 0.29) is 10.7 Å². The second-order valence-corrected chi connectivity index (χ2v) is 10.6. The number of hydrogen-bond donors (Lipinski definition) is 5. The van der Waals surface area contributed by atoms with Crippen molar-refractivity contribution in [2.24, 2.45) is 5.73 Å². The van der Waals surface area contributed by atoms with Crippen LogP contribution in [0.25, 0.3) is 10.8 Å². The van der Waals surface area contributed by atoms with Crippen LogP contribution in [-0.2, 0) is 4.74 Å². The molecule has 11 heteroatoms. The van der Waals surface area contributed by atoms with Gasteiger partial charge in [-0.3, -0.25) is 9.59 Å². The van der Waals surface area contributed by atoms with Crippen LogP contribution in [0.1, 0.15) is 41.6 Å². The lowest BCUT2D eigenvalue weighted by Gasteiger charge is -2.19. The molecule has 0 spiro atoms. The van der Waals surface area contributed by atoms with E-state index in [9.17, 15) is 14.4 Å². The first-order valence-electron chi connectivity index (χ1n) is 12.3. The molecule has 0 fully saturated rings. The number of anilines is 4. The third-order valence-corrected chi connectivity index (χ3v) is 6.24. The highest BCUT2D eigenvalue weighted by Gasteiger charge is 2.19. The second-order valence-electron chi connectivity index (χ2n) is 9.63. The topological polar surface area (TPSA) is 147 Å². The van der Waals surface area contributed by atoms with Crippen LogP contribution in [0.2, 0.25) is 0 Å². The largest absolute Gasteiger partial charge is 0.444 e. The first-order valence-corrected chi connectivity index (χ1v) is 13.1. The Hall–Kier alpha value is -4.64. The summed E-state index contributed by atoms with van der Waals surface area (Å²) in [6, 6.07) is 20.6. The number of nitrogens with one attached hydrogen (secondary N) is 4. The minimum atomic E-state index is -0.743. The number of rotatable bonds is 9. The number of alkyl carbamates (subject to hydrolysis) is 1. The highest BCUT2D eigenvalue weighted by Crippen LogP contribution is 2.32. The Kier molecular flexibility index (Phi) is 8.30. The molecule has 4 aromatic rings. The number of fused-ring (bicyclic) bond motifs is 1. The number of primary amides is 1. The molecule has 0 unspecified atom stereocenters. The molecule has 0 atom stereocenters. The predicted octanol–water partition coefficient (Wildman–Crippen LogP) is 5.33. The third kappa shape index (κ3) is 7.68. The van der Waals surface area contributed by atoms with Crippen molar-refractivity contribution in [1.29, 1.82) is 0 Å². The van der Waals surface area contributed by atoms with E-state index in [2.05, 4.69) is 26.3 Å². The number of aromatic nitrogens is 1. The summed E-state index contributed by atoms with van der Waals surface area (Å²) >= 11 is 1.12. The van der Waals surface area contributed by atoms with Crippen molar-refractivity contribution >= 4 is 61.5 Å². The van der Waals surface area contributed by atoms with E-state index in [1.165, 1.54) is 0 Å². The van der Waals surface area contributed by atoms with E-state index in [1.54, 1.807) is 45.0 Å². The van der Waals surface area contributed by atoms with Crippen molar-refractivity contribution in [3.05, 3.63) is 78.0 Å². The highest BCUT2D eigenvalue weighted by molar-refractivity contribution is 7.20. The molecule has 0 aliphatic carbocycles. The lowest BCUT2D eigenvalue weighted by Crippen LogP contribution is -2.34. The number of ether oxygens (including phenoxy) is 1. The quantitative estimate of drug-likeness (QED) is 0.178. The molecule has 6 N–H and O–H groups in total. The third-order valence-electron chi connectivity index (χ3n) is 5.36. The van der Waals surface area contributed by atoms with Gasteiger partial charge in [-0.15, -0.1) is 0 Å². The maximum Gasteiger partial charge on any atom is 0.407 e. The Balaban J connectivity index is 1.35. The minimum absolute atomic E-state index is 0.0209. The van der Waals surface area contributed by atoms with Crippen molar-refractivity contribution in [3.8, 4) is 0 Å². The smallest absolute Gasteiger partial charge is 0.407 e. The number of benzene rings is 3. The molecule has 0 aliphatic rings. The van der Waals surface area contributed by atoms with Gasteiger partial charge in [-0.1, -0.05) is 41.7 Å². The monoisotopic (exact) mass is 546 g/mol. The molecule has 3 amide bonds. The molecular weight excluding hydrogens is 516 g/mol. The zero-order chi connectivity index (χ0) is 28.0. The van der Waals surface area contributed by atoms with Gasteiger partial charge in [0.05, 0.1) is 0 Å². The molecule has 10 nitrogen and oxygen atoms in total. The van der Waals surface area contributed by atoms with Gasteiger partial charge < -0.3 is 31.7 Å². The molecule has 0 saturated heterocycles. The summed E-state index contributed by atoms with van der Waals surface area (Å²) in [6.45, 7) is 6.24.